The molecule has 0 spiro atoms. The van der Waals surface area contributed by atoms with Crippen molar-refractivity contribution in [1.82, 2.24) is 19.7 Å². The third-order valence-electron chi connectivity index (χ3n) is 5.43. The first-order valence-corrected chi connectivity index (χ1v) is 13.2. The third-order valence-corrected chi connectivity index (χ3v) is 8.52. The smallest absolute Gasteiger partial charge is 0.261 e. The van der Waals surface area contributed by atoms with Gasteiger partial charge in [0.25, 0.3) is 5.91 Å². The number of hydrogen-bond donors (Lipinski definition) is 1. The van der Waals surface area contributed by atoms with E-state index < -0.39 is 10.0 Å². The van der Waals surface area contributed by atoms with Crippen LogP contribution in [0.4, 0.5) is 0 Å². The zero-order valence-electron chi connectivity index (χ0n) is 18.0. The average Bonchev–Trinajstić information content (AvgIpc) is 3.34. The highest BCUT2D eigenvalue weighted by Crippen LogP contribution is 2.24. The summed E-state index contributed by atoms with van der Waals surface area (Å²) >= 11 is 7.03. The van der Waals surface area contributed by atoms with Gasteiger partial charge in [0.15, 0.2) is 0 Å². The van der Waals surface area contributed by atoms with E-state index >= 15 is 0 Å². The van der Waals surface area contributed by atoms with Crippen molar-refractivity contribution in [2.75, 3.05) is 25.4 Å². The number of carbonyl (C=O) groups is 1. The molecule has 0 atom stereocenters. The zero-order chi connectivity index (χ0) is 22.6. The number of halogens is 1. The van der Waals surface area contributed by atoms with Crippen LogP contribution in [0.3, 0.4) is 0 Å². The van der Waals surface area contributed by atoms with E-state index in [9.17, 15) is 13.2 Å². The molecule has 1 fully saturated rings. The number of thiophene rings is 1. The molecule has 8 nitrogen and oxygen atoms in total. The second-order valence-electron chi connectivity index (χ2n) is 8.01. The van der Waals surface area contributed by atoms with E-state index in [1.54, 1.807) is 25.1 Å². The maximum Gasteiger partial charge on any atom is 0.261 e. The summed E-state index contributed by atoms with van der Waals surface area (Å²) in [6, 6.07) is 5.35. The van der Waals surface area contributed by atoms with Crippen molar-refractivity contribution < 1.29 is 17.7 Å². The van der Waals surface area contributed by atoms with Crippen LogP contribution in [0.15, 0.2) is 22.7 Å². The number of hydrogen-bond acceptors (Lipinski definition) is 7. The molecule has 3 rings (SSSR count). The van der Waals surface area contributed by atoms with Crippen LogP contribution < -0.4 is 5.32 Å². The molecule has 172 valence electrons. The standard InChI is InChI=1S/C20H29ClN4O4S2/c1-14(2)24-9-6-17(7-10-24)25(13-16-12-15(3)29-23-16)31(27,28)11-8-22-20(26)18-4-5-19(21)30-18/h4-5,12,14,17H,6-11,13H2,1-3H3,(H,22,26). The predicted octanol–water partition coefficient (Wildman–Crippen LogP) is 3.13. The van der Waals surface area contributed by atoms with E-state index in [-0.39, 0.29) is 30.8 Å². The molecule has 31 heavy (non-hydrogen) atoms. The molecule has 0 saturated carbocycles. The predicted molar refractivity (Wildman–Crippen MR) is 122 cm³/mol. The zero-order valence-corrected chi connectivity index (χ0v) is 20.4. The highest BCUT2D eigenvalue weighted by atomic mass is 35.5. The summed E-state index contributed by atoms with van der Waals surface area (Å²) < 4.78 is 33.7. The molecular weight excluding hydrogens is 460 g/mol. The summed E-state index contributed by atoms with van der Waals surface area (Å²) in [4.78, 5) is 15.0. The Morgan fingerprint density at radius 1 is 1.39 bits per heavy atom. The normalized spacial score (nSPS) is 16.3. The molecule has 1 amide bonds. The summed E-state index contributed by atoms with van der Waals surface area (Å²) in [5.41, 5.74) is 0.588. The highest BCUT2D eigenvalue weighted by molar-refractivity contribution is 7.89. The van der Waals surface area contributed by atoms with Crippen molar-refractivity contribution in [1.29, 1.82) is 0 Å². The van der Waals surface area contributed by atoms with Crippen molar-refractivity contribution in [3.63, 3.8) is 0 Å². The molecule has 0 radical (unpaired) electrons. The molecule has 11 heteroatoms. The van der Waals surface area contributed by atoms with Crippen LogP contribution in [0.25, 0.3) is 0 Å². The summed E-state index contributed by atoms with van der Waals surface area (Å²) in [5, 5.41) is 6.67. The molecule has 1 aliphatic rings. The molecule has 0 bridgehead atoms. The van der Waals surface area contributed by atoms with Crippen molar-refractivity contribution in [2.45, 2.75) is 52.2 Å². The molecule has 0 aromatic carbocycles. The Labute approximate surface area is 192 Å². The molecule has 1 aliphatic heterocycles. The Morgan fingerprint density at radius 3 is 2.65 bits per heavy atom. The number of sulfonamides is 1. The van der Waals surface area contributed by atoms with Gasteiger partial charge in [0.1, 0.15) is 5.76 Å². The van der Waals surface area contributed by atoms with Crippen molar-refractivity contribution in [2.24, 2.45) is 0 Å². The van der Waals surface area contributed by atoms with E-state index in [0.717, 1.165) is 37.3 Å². The SMILES string of the molecule is Cc1cc(CN(C2CCN(C(C)C)CC2)S(=O)(=O)CCNC(=O)c2ccc(Cl)s2)no1. The van der Waals surface area contributed by atoms with Gasteiger partial charge in [-0.1, -0.05) is 16.8 Å². The van der Waals surface area contributed by atoms with Gasteiger partial charge in [-0.15, -0.1) is 11.3 Å². The van der Waals surface area contributed by atoms with Crippen molar-refractivity contribution in [3.8, 4) is 0 Å². The van der Waals surface area contributed by atoms with Crippen LogP contribution in [0.2, 0.25) is 4.34 Å². The van der Waals surface area contributed by atoms with Gasteiger partial charge >= 0.3 is 0 Å². The summed E-state index contributed by atoms with van der Waals surface area (Å²) in [5.74, 6) is 0.138. The van der Waals surface area contributed by atoms with E-state index in [0.29, 0.717) is 26.7 Å². The van der Waals surface area contributed by atoms with E-state index in [2.05, 4.69) is 29.2 Å². The van der Waals surface area contributed by atoms with Gasteiger partial charge in [-0.2, -0.15) is 4.31 Å². The summed E-state index contributed by atoms with van der Waals surface area (Å²) in [7, 11) is -3.63. The largest absolute Gasteiger partial charge is 0.361 e. The molecule has 2 aromatic rings. The lowest BCUT2D eigenvalue weighted by Crippen LogP contribution is -2.49. The minimum Gasteiger partial charge on any atom is -0.361 e. The Hall–Kier alpha value is -1.46. The molecule has 0 aliphatic carbocycles. The lowest BCUT2D eigenvalue weighted by atomic mass is 10.0. The number of nitrogens with zero attached hydrogens (tertiary/aromatic N) is 3. The number of amides is 1. The number of nitrogens with one attached hydrogen (secondary N) is 1. The second kappa shape index (κ2) is 10.4. The quantitative estimate of drug-likeness (QED) is 0.582. The van der Waals surface area contributed by atoms with Crippen LogP contribution in [0, 0.1) is 6.92 Å². The second-order valence-corrected chi connectivity index (χ2v) is 11.8. The van der Waals surface area contributed by atoms with Gasteiger partial charge in [0.05, 0.1) is 27.2 Å². The Morgan fingerprint density at radius 2 is 2.10 bits per heavy atom. The van der Waals surface area contributed by atoms with Crippen LogP contribution in [0.5, 0.6) is 0 Å². The summed E-state index contributed by atoms with van der Waals surface area (Å²) in [6.07, 6.45) is 1.52. The molecule has 2 aromatic heterocycles. The maximum absolute atomic E-state index is 13.3. The van der Waals surface area contributed by atoms with Crippen LogP contribution in [-0.2, 0) is 16.6 Å². The van der Waals surface area contributed by atoms with Gasteiger partial charge in [0.2, 0.25) is 10.0 Å². The van der Waals surface area contributed by atoms with Gasteiger partial charge in [-0.25, -0.2) is 8.42 Å². The van der Waals surface area contributed by atoms with Crippen LogP contribution in [-0.4, -0.2) is 66.2 Å². The lowest BCUT2D eigenvalue weighted by molar-refractivity contribution is 0.0960. The monoisotopic (exact) mass is 488 g/mol. The first kappa shape index (κ1) is 24.2. The number of likely N-dealkylation sites (tertiary alicyclic amines) is 1. The van der Waals surface area contributed by atoms with Crippen molar-refractivity contribution in [3.05, 3.63) is 38.9 Å². The Kier molecular flexibility index (Phi) is 8.14. The Bertz CT molecular complexity index is 981. The lowest BCUT2D eigenvalue weighted by Gasteiger charge is -2.39. The number of carbonyl (C=O) groups excluding carboxylic acids is 1. The van der Waals surface area contributed by atoms with Gasteiger partial charge in [-0.05, 0) is 58.8 Å². The molecule has 1 N–H and O–H groups in total. The van der Waals surface area contributed by atoms with E-state index in [4.69, 9.17) is 16.1 Å². The number of piperidine rings is 1. The fraction of sp³-hybridized carbons (Fsp3) is 0.600. The maximum atomic E-state index is 13.3. The van der Waals surface area contributed by atoms with Crippen LogP contribution >= 0.6 is 22.9 Å². The number of aryl methyl sites for hydroxylation is 1. The van der Waals surface area contributed by atoms with E-state index in [1.165, 1.54) is 4.31 Å². The summed E-state index contributed by atoms with van der Waals surface area (Å²) in [6.45, 7) is 7.97. The minimum atomic E-state index is -3.63. The molecule has 1 saturated heterocycles. The van der Waals surface area contributed by atoms with E-state index in [1.807, 2.05) is 0 Å². The fourth-order valence-electron chi connectivity index (χ4n) is 3.73. The molecular formula is C20H29ClN4O4S2. The van der Waals surface area contributed by atoms with Crippen LogP contribution in [0.1, 0.15) is 47.8 Å². The minimum absolute atomic E-state index is 0.0237. The average molecular weight is 489 g/mol. The fourth-order valence-corrected chi connectivity index (χ4v) is 6.28. The Balaban J connectivity index is 1.67. The number of rotatable bonds is 9. The topological polar surface area (TPSA) is 95.8 Å². The molecule has 0 unspecified atom stereocenters. The highest BCUT2D eigenvalue weighted by Gasteiger charge is 2.33. The first-order valence-electron chi connectivity index (χ1n) is 10.3. The molecule has 3 heterocycles. The third kappa shape index (κ3) is 6.52. The van der Waals surface area contributed by atoms with Gasteiger partial charge < -0.3 is 14.7 Å². The van der Waals surface area contributed by atoms with Gasteiger partial charge in [-0.3, -0.25) is 4.79 Å². The van der Waals surface area contributed by atoms with Crippen molar-refractivity contribution >= 4 is 38.9 Å². The first-order chi connectivity index (χ1) is 14.7. The van der Waals surface area contributed by atoms with Gasteiger partial charge in [0, 0.05) is 24.7 Å². The number of aromatic nitrogens is 1.